The van der Waals surface area contributed by atoms with Gasteiger partial charge in [0.1, 0.15) is 11.4 Å². The van der Waals surface area contributed by atoms with Crippen molar-refractivity contribution in [3.05, 3.63) is 29.8 Å². The number of ether oxygens (including phenoxy) is 1. The highest BCUT2D eigenvalue weighted by Gasteiger charge is 2.38. The van der Waals surface area contributed by atoms with Crippen LogP contribution in [0.25, 0.3) is 0 Å². The van der Waals surface area contributed by atoms with E-state index in [1.807, 2.05) is 38.1 Å². The molecule has 1 aromatic rings. The molecule has 1 heterocycles. The highest BCUT2D eigenvalue weighted by atomic mass is 16.5. The third-order valence-corrected chi connectivity index (χ3v) is 4.85. The Morgan fingerprint density at radius 3 is 2.61 bits per heavy atom. The number of aliphatic carboxylic acids is 1. The molecule has 1 aromatic carbocycles. The molecule has 0 bridgehead atoms. The fourth-order valence-electron chi connectivity index (χ4n) is 3.66. The summed E-state index contributed by atoms with van der Waals surface area (Å²) in [4.78, 5) is 23.6. The summed E-state index contributed by atoms with van der Waals surface area (Å²) in [6, 6.07) is 7.67. The maximum absolute atomic E-state index is 12.6. The van der Waals surface area contributed by atoms with Crippen molar-refractivity contribution >= 4 is 11.9 Å². The molecule has 1 saturated carbocycles. The summed E-state index contributed by atoms with van der Waals surface area (Å²) in [5, 5.41) is 12.2. The van der Waals surface area contributed by atoms with Crippen molar-refractivity contribution in [3.63, 3.8) is 0 Å². The van der Waals surface area contributed by atoms with Gasteiger partial charge in [0, 0.05) is 17.9 Å². The highest BCUT2D eigenvalue weighted by Crippen LogP contribution is 2.40. The lowest BCUT2D eigenvalue weighted by atomic mass is 9.89. The van der Waals surface area contributed by atoms with Crippen molar-refractivity contribution in [1.29, 1.82) is 0 Å². The minimum absolute atomic E-state index is 0.0359. The Labute approximate surface area is 136 Å². The molecule has 3 atom stereocenters. The van der Waals surface area contributed by atoms with E-state index in [0.717, 1.165) is 11.3 Å². The molecule has 0 saturated heterocycles. The maximum Gasteiger partial charge on any atom is 0.306 e. The second-order valence-electron chi connectivity index (χ2n) is 7.21. The monoisotopic (exact) mass is 317 g/mol. The molecule has 1 unspecified atom stereocenters. The van der Waals surface area contributed by atoms with Gasteiger partial charge in [0.25, 0.3) is 0 Å². The van der Waals surface area contributed by atoms with Crippen molar-refractivity contribution in [2.45, 2.75) is 51.2 Å². The molecule has 3 rings (SSSR count). The van der Waals surface area contributed by atoms with Gasteiger partial charge in [0.15, 0.2) is 0 Å². The first-order valence-electron chi connectivity index (χ1n) is 8.17. The van der Waals surface area contributed by atoms with E-state index >= 15 is 0 Å². The molecule has 5 heteroatoms. The van der Waals surface area contributed by atoms with E-state index in [1.165, 1.54) is 0 Å². The Balaban J connectivity index is 1.72. The standard InChI is InChI=1S/C18H23NO4/c1-18(2)10-14(13-5-3-4-6-15(13)23-18)19-16(20)11-7-8-12(9-11)17(21)22/h3-6,11-12,14H,7-10H2,1-2H3,(H,19,20)(H,21,22)/t11-,12+,14?/m1/s1. The molecule has 23 heavy (non-hydrogen) atoms. The molecule has 1 aliphatic carbocycles. The fraction of sp³-hybridized carbons (Fsp3) is 0.556. The Morgan fingerprint density at radius 1 is 1.22 bits per heavy atom. The van der Waals surface area contributed by atoms with Gasteiger partial charge < -0.3 is 15.2 Å². The van der Waals surface area contributed by atoms with E-state index in [-0.39, 0.29) is 29.4 Å². The number of carboxylic acid groups (broad SMARTS) is 1. The van der Waals surface area contributed by atoms with Crippen LogP contribution in [0.2, 0.25) is 0 Å². The van der Waals surface area contributed by atoms with Gasteiger partial charge in [-0.15, -0.1) is 0 Å². The lowest BCUT2D eigenvalue weighted by Gasteiger charge is -2.38. The number of nitrogens with one attached hydrogen (secondary N) is 1. The molecule has 2 aliphatic rings. The van der Waals surface area contributed by atoms with Gasteiger partial charge >= 0.3 is 5.97 Å². The largest absolute Gasteiger partial charge is 0.487 e. The molecule has 5 nitrogen and oxygen atoms in total. The summed E-state index contributed by atoms with van der Waals surface area (Å²) in [6.45, 7) is 4.02. The van der Waals surface area contributed by atoms with Crippen LogP contribution in [-0.2, 0) is 9.59 Å². The third-order valence-electron chi connectivity index (χ3n) is 4.85. The number of fused-ring (bicyclic) bond motifs is 1. The quantitative estimate of drug-likeness (QED) is 0.899. The number of carbonyl (C=O) groups is 2. The number of rotatable bonds is 3. The molecule has 2 N–H and O–H groups in total. The van der Waals surface area contributed by atoms with E-state index in [9.17, 15) is 9.59 Å². The molecule has 124 valence electrons. The third kappa shape index (κ3) is 3.33. The lowest BCUT2D eigenvalue weighted by molar-refractivity contribution is -0.141. The van der Waals surface area contributed by atoms with Crippen LogP contribution in [-0.4, -0.2) is 22.6 Å². The zero-order chi connectivity index (χ0) is 16.6. The molecule has 0 radical (unpaired) electrons. The maximum atomic E-state index is 12.6. The van der Waals surface area contributed by atoms with Crippen LogP contribution in [0.5, 0.6) is 5.75 Å². The summed E-state index contributed by atoms with van der Waals surface area (Å²) in [5.41, 5.74) is 0.652. The van der Waals surface area contributed by atoms with Crippen LogP contribution in [0.4, 0.5) is 0 Å². The number of carbonyl (C=O) groups excluding carboxylic acids is 1. The summed E-state index contributed by atoms with van der Waals surface area (Å²) in [5.74, 6) is -0.605. The van der Waals surface area contributed by atoms with Crippen LogP contribution in [0.3, 0.4) is 0 Å². The Kier molecular flexibility index (Phi) is 4.04. The molecule has 1 fully saturated rings. The van der Waals surface area contributed by atoms with Gasteiger partial charge in [-0.05, 0) is 39.2 Å². The number of carboxylic acids is 1. The van der Waals surface area contributed by atoms with E-state index < -0.39 is 5.97 Å². The fourth-order valence-corrected chi connectivity index (χ4v) is 3.66. The van der Waals surface area contributed by atoms with E-state index in [0.29, 0.717) is 25.7 Å². The molecule has 1 aliphatic heterocycles. The SMILES string of the molecule is CC1(C)CC(NC(=O)[C@@H]2CC[C@H](C(=O)O)C2)c2ccccc2O1. The van der Waals surface area contributed by atoms with E-state index in [2.05, 4.69) is 5.32 Å². The van der Waals surface area contributed by atoms with Gasteiger partial charge in [0.05, 0.1) is 12.0 Å². The molecule has 0 spiro atoms. The van der Waals surface area contributed by atoms with Crippen LogP contribution in [0.1, 0.15) is 51.1 Å². The van der Waals surface area contributed by atoms with Crippen LogP contribution >= 0.6 is 0 Å². The second-order valence-corrected chi connectivity index (χ2v) is 7.21. The minimum atomic E-state index is -0.794. The summed E-state index contributed by atoms with van der Waals surface area (Å²) < 4.78 is 5.98. The molecule has 0 aromatic heterocycles. The van der Waals surface area contributed by atoms with Gasteiger partial charge in [-0.25, -0.2) is 0 Å². The van der Waals surface area contributed by atoms with Crippen LogP contribution in [0.15, 0.2) is 24.3 Å². The topological polar surface area (TPSA) is 75.6 Å². The number of para-hydroxylation sites is 1. The lowest BCUT2D eigenvalue weighted by Crippen LogP contribution is -2.42. The zero-order valence-corrected chi connectivity index (χ0v) is 13.5. The molecular formula is C18H23NO4. The Bertz CT molecular complexity index is 625. The van der Waals surface area contributed by atoms with Gasteiger partial charge in [-0.3, -0.25) is 9.59 Å². The molecule has 1 amide bonds. The number of hydrogen-bond acceptors (Lipinski definition) is 3. The summed E-state index contributed by atoms with van der Waals surface area (Å²) in [7, 11) is 0. The number of amides is 1. The second kappa shape index (κ2) is 5.87. The van der Waals surface area contributed by atoms with Crippen LogP contribution < -0.4 is 10.1 Å². The Morgan fingerprint density at radius 2 is 1.91 bits per heavy atom. The Hall–Kier alpha value is -2.04. The minimum Gasteiger partial charge on any atom is -0.487 e. The highest BCUT2D eigenvalue weighted by molar-refractivity contribution is 5.81. The van der Waals surface area contributed by atoms with E-state index in [4.69, 9.17) is 9.84 Å². The van der Waals surface area contributed by atoms with Gasteiger partial charge in [-0.1, -0.05) is 18.2 Å². The van der Waals surface area contributed by atoms with Crippen LogP contribution in [0, 0.1) is 11.8 Å². The summed E-state index contributed by atoms with van der Waals surface area (Å²) >= 11 is 0. The summed E-state index contributed by atoms with van der Waals surface area (Å²) in [6.07, 6.45) is 2.38. The van der Waals surface area contributed by atoms with Crippen molar-refractivity contribution in [2.24, 2.45) is 11.8 Å². The predicted molar refractivity (Wildman–Crippen MR) is 85.1 cm³/mol. The number of benzene rings is 1. The first-order valence-corrected chi connectivity index (χ1v) is 8.17. The van der Waals surface area contributed by atoms with Crippen molar-refractivity contribution < 1.29 is 19.4 Å². The number of hydrogen-bond donors (Lipinski definition) is 2. The first kappa shape index (κ1) is 15.8. The van der Waals surface area contributed by atoms with E-state index in [1.54, 1.807) is 0 Å². The van der Waals surface area contributed by atoms with Gasteiger partial charge in [0.2, 0.25) is 5.91 Å². The predicted octanol–water partition coefficient (Wildman–Crippen LogP) is 2.91. The zero-order valence-electron chi connectivity index (χ0n) is 13.5. The van der Waals surface area contributed by atoms with Crippen molar-refractivity contribution in [2.75, 3.05) is 0 Å². The van der Waals surface area contributed by atoms with Gasteiger partial charge in [-0.2, -0.15) is 0 Å². The normalized spacial score (nSPS) is 28.5. The average Bonchev–Trinajstić information content (AvgIpc) is 2.96. The average molecular weight is 317 g/mol. The first-order chi connectivity index (χ1) is 10.9. The van der Waals surface area contributed by atoms with Crippen molar-refractivity contribution in [3.8, 4) is 5.75 Å². The molecular weight excluding hydrogens is 294 g/mol. The smallest absolute Gasteiger partial charge is 0.306 e. The van der Waals surface area contributed by atoms with Crippen molar-refractivity contribution in [1.82, 2.24) is 5.32 Å².